The van der Waals surface area contributed by atoms with Gasteiger partial charge in [0, 0.05) is 31.5 Å². The summed E-state index contributed by atoms with van der Waals surface area (Å²) in [5.41, 5.74) is 2.72. The maximum absolute atomic E-state index is 5.47. The fourth-order valence-corrected chi connectivity index (χ4v) is 2.29. The maximum Gasteiger partial charge on any atom is 0.192 e. The number of hydrogen-bond donors (Lipinski definition) is 1. The van der Waals surface area contributed by atoms with E-state index < -0.39 is 0 Å². The highest BCUT2D eigenvalue weighted by molar-refractivity contribution is 5.77. The molecule has 1 aromatic carbocycles. The Balaban J connectivity index is 1.74. The smallest absolute Gasteiger partial charge is 0.192 e. The molecule has 0 aliphatic heterocycles. The van der Waals surface area contributed by atoms with Crippen molar-refractivity contribution in [3.63, 3.8) is 0 Å². The van der Waals surface area contributed by atoms with Crippen molar-refractivity contribution in [1.82, 2.24) is 14.5 Å². The van der Waals surface area contributed by atoms with E-state index in [1.165, 1.54) is 0 Å². The molecule has 0 aliphatic carbocycles. The summed E-state index contributed by atoms with van der Waals surface area (Å²) in [7, 11) is 0. The Hall–Kier alpha value is -2.30. The van der Waals surface area contributed by atoms with Gasteiger partial charge in [0.05, 0.1) is 6.54 Å². The van der Waals surface area contributed by atoms with Crippen molar-refractivity contribution in [3.8, 4) is 0 Å². The lowest BCUT2D eigenvalue weighted by Crippen LogP contribution is -2.08. The van der Waals surface area contributed by atoms with E-state index in [0.717, 1.165) is 35.6 Å². The highest BCUT2D eigenvalue weighted by atomic mass is 16.3. The Labute approximate surface area is 117 Å². The molecule has 0 fully saturated rings. The lowest BCUT2D eigenvalue weighted by molar-refractivity contribution is 0.561. The molecular weight excluding hydrogens is 252 g/mol. The number of fused-ring (bicyclic) bond motifs is 1. The van der Waals surface area contributed by atoms with Gasteiger partial charge in [0.25, 0.3) is 0 Å². The number of anilines is 1. The van der Waals surface area contributed by atoms with E-state index in [9.17, 15) is 0 Å². The van der Waals surface area contributed by atoms with Gasteiger partial charge >= 0.3 is 0 Å². The van der Waals surface area contributed by atoms with Gasteiger partial charge in [-0.1, -0.05) is 6.92 Å². The minimum atomic E-state index is 0.690. The van der Waals surface area contributed by atoms with E-state index in [-0.39, 0.29) is 0 Å². The molecule has 0 atom stereocenters. The molecule has 104 valence electrons. The Kier molecular flexibility index (Phi) is 3.41. The minimum Gasteiger partial charge on any atom is -0.441 e. The number of imidazole rings is 1. The fraction of sp³-hybridized carbons (Fsp3) is 0.333. The standard InChI is InChI=1S/C15H18N4O/c1-3-7-19-8-6-16-15(19)10-17-12-4-5-14-13(9-12)18-11(2)20-14/h4-6,8-9,17H,3,7,10H2,1-2H3. The summed E-state index contributed by atoms with van der Waals surface area (Å²) in [6.45, 7) is 5.72. The summed E-state index contributed by atoms with van der Waals surface area (Å²) in [5, 5.41) is 3.38. The summed E-state index contributed by atoms with van der Waals surface area (Å²) < 4.78 is 7.64. The van der Waals surface area contributed by atoms with Crippen LogP contribution in [0.5, 0.6) is 0 Å². The summed E-state index contributed by atoms with van der Waals surface area (Å²) >= 11 is 0. The number of nitrogens with one attached hydrogen (secondary N) is 1. The minimum absolute atomic E-state index is 0.690. The normalized spacial score (nSPS) is 11.1. The summed E-state index contributed by atoms with van der Waals surface area (Å²) in [4.78, 5) is 8.72. The van der Waals surface area contributed by atoms with Gasteiger partial charge in [-0.3, -0.25) is 0 Å². The molecule has 0 spiro atoms. The molecule has 0 amide bonds. The number of benzene rings is 1. The molecule has 2 heterocycles. The zero-order valence-electron chi connectivity index (χ0n) is 11.8. The molecule has 3 rings (SSSR count). The quantitative estimate of drug-likeness (QED) is 0.772. The topological polar surface area (TPSA) is 55.9 Å². The number of rotatable bonds is 5. The molecule has 5 heteroatoms. The largest absolute Gasteiger partial charge is 0.441 e. The Morgan fingerprint density at radius 3 is 3.10 bits per heavy atom. The van der Waals surface area contributed by atoms with Crippen LogP contribution in [0.2, 0.25) is 0 Å². The van der Waals surface area contributed by atoms with Crippen LogP contribution >= 0.6 is 0 Å². The zero-order valence-corrected chi connectivity index (χ0v) is 11.8. The van der Waals surface area contributed by atoms with Gasteiger partial charge in [-0.05, 0) is 24.6 Å². The predicted molar refractivity (Wildman–Crippen MR) is 78.6 cm³/mol. The molecule has 0 aliphatic rings. The lowest BCUT2D eigenvalue weighted by Gasteiger charge is -2.08. The van der Waals surface area contributed by atoms with Gasteiger partial charge < -0.3 is 14.3 Å². The highest BCUT2D eigenvalue weighted by Gasteiger charge is 2.05. The summed E-state index contributed by atoms with van der Waals surface area (Å²) in [5.74, 6) is 1.74. The lowest BCUT2D eigenvalue weighted by atomic mass is 10.3. The van der Waals surface area contributed by atoms with Crippen LogP contribution in [-0.2, 0) is 13.1 Å². The second-order valence-electron chi connectivity index (χ2n) is 4.81. The van der Waals surface area contributed by atoms with Crippen LogP contribution in [-0.4, -0.2) is 14.5 Å². The average Bonchev–Trinajstić information content (AvgIpc) is 3.01. The van der Waals surface area contributed by atoms with Gasteiger partial charge in [0.2, 0.25) is 0 Å². The van der Waals surface area contributed by atoms with Crippen LogP contribution in [0.15, 0.2) is 35.0 Å². The van der Waals surface area contributed by atoms with Crippen molar-refractivity contribution in [2.45, 2.75) is 33.4 Å². The number of aryl methyl sites for hydroxylation is 2. The highest BCUT2D eigenvalue weighted by Crippen LogP contribution is 2.20. The van der Waals surface area contributed by atoms with Crippen LogP contribution in [0.4, 0.5) is 5.69 Å². The van der Waals surface area contributed by atoms with E-state index >= 15 is 0 Å². The summed E-state index contributed by atoms with van der Waals surface area (Å²) in [6.07, 6.45) is 4.97. The second-order valence-corrected chi connectivity index (χ2v) is 4.81. The van der Waals surface area contributed by atoms with Crippen LogP contribution in [0.25, 0.3) is 11.1 Å². The van der Waals surface area contributed by atoms with E-state index in [1.54, 1.807) is 0 Å². The van der Waals surface area contributed by atoms with Crippen molar-refractivity contribution in [2.24, 2.45) is 0 Å². The molecule has 1 N–H and O–H groups in total. The third-order valence-electron chi connectivity index (χ3n) is 3.21. The molecule has 20 heavy (non-hydrogen) atoms. The molecule has 0 bridgehead atoms. The first-order valence-electron chi connectivity index (χ1n) is 6.87. The van der Waals surface area contributed by atoms with Crippen molar-refractivity contribution < 1.29 is 4.42 Å². The third-order valence-corrected chi connectivity index (χ3v) is 3.21. The zero-order chi connectivity index (χ0) is 13.9. The van der Waals surface area contributed by atoms with Crippen LogP contribution in [0, 0.1) is 6.92 Å². The first-order chi connectivity index (χ1) is 9.76. The monoisotopic (exact) mass is 270 g/mol. The van der Waals surface area contributed by atoms with Gasteiger partial charge in [0.15, 0.2) is 11.5 Å². The van der Waals surface area contributed by atoms with E-state index in [4.69, 9.17) is 4.42 Å². The van der Waals surface area contributed by atoms with Crippen LogP contribution in [0.3, 0.4) is 0 Å². The number of nitrogens with zero attached hydrogens (tertiary/aromatic N) is 3. The molecule has 3 aromatic rings. The molecular formula is C15H18N4O. The molecule has 0 saturated heterocycles. The van der Waals surface area contributed by atoms with Gasteiger partial charge in [-0.15, -0.1) is 0 Å². The van der Waals surface area contributed by atoms with Gasteiger partial charge in [0.1, 0.15) is 11.3 Å². The van der Waals surface area contributed by atoms with Crippen molar-refractivity contribution >= 4 is 16.8 Å². The first-order valence-corrected chi connectivity index (χ1v) is 6.87. The molecule has 2 aromatic heterocycles. The third kappa shape index (κ3) is 2.52. The van der Waals surface area contributed by atoms with Gasteiger partial charge in [-0.25, -0.2) is 9.97 Å². The summed E-state index contributed by atoms with van der Waals surface area (Å²) in [6, 6.07) is 5.94. The van der Waals surface area contributed by atoms with Gasteiger partial charge in [-0.2, -0.15) is 0 Å². The number of oxazole rings is 1. The molecule has 0 radical (unpaired) electrons. The van der Waals surface area contributed by atoms with Crippen LogP contribution < -0.4 is 5.32 Å². The van der Waals surface area contributed by atoms with Crippen molar-refractivity contribution in [2.75, 3.05) is 5.32 Å². The maximum atomic E-state index is 5.47. The molecule has 0 saturated carbocycles. The number of aromatic nitrogens is 3. The second kappa shape index (κ2) is 5.36. The van der Waals surface area contributed by atoms with Crippen molar-refractivity contribution in [1.29, 1.82) is 0 Å². The first kappa shape index (κ1) is 12.7. The van der Waals surface area contributed by atoms with E-state index in [1.807, 2.05) is 37.5 Å². The average molecular weight is 270 g/mol. The van der Waals surface area contributed by atoms with Crippen molar-refractivity contribution in [3.05, 3.63) is 42.3 Å². The van der Waals surface area contributed by atoms with E-state index in [0.29, 0.717) is 12.4 Å². The molecule has 5 nitrogen and oxygen atoms in total. The predicted octanol–water partition coefficient (Wildman–Crippen LogP) is 3.35. The SMILES string of the molecule is CCCn1ccnc1CNc1ccc2oc(C)nc2c1. The molecule has 0 unspecified atom stereocenters. The Morgan fingerprint density at radius 2 is 2.25 bits per heavy atom. The fourth-order valence-electron chi connectivity index (χ4n) is 2.29. The van der Waals surface area contributed by atoms with E-state index in [2.05, 4.69) is 26.8 Å². The number of hydrogen-bond acceptors (Lipinski definition) is 4. The van der Waals surface area contributed by atoms with Crippen LogP contribution in [0.1, 0.15) is 25.1 Å². The Morgan fingerprint density at radius 1 is 1.35 bits per heavy atom. The Bertz CT molecular complexity index is 714.